The van der Waals surface area contributed by atoms with E-state index in [4.69, 9.17) is 23.7 Å². The lowest BCUT2D eigenvalue weighted by atomic mass is 9.81. The summed E-state index contributed by atoms with van der Waals surface area (Å²) >= 11 is 0. The van der Waals surface area contributed by atoms with Crippen molar-refractivity contribution in [3.05, 3.63) is 65.2 Å². The summed E-state index contributed by atoms with van der Waals surface area (Å²) in [6.07, 6.45) is 5.02. The molecule has 0 aliphatic rings. The van der Waals surface area contributed by atoms with Crippen LogP contribution in [0.4, 0.5) is 0 Å². The first-order valence-electron chi connectivity index (χ1n) is 16.2. The van der Waals surface area contributed by atoms with E-state index in [-0.39, 0.29) is 76.2 Å². The number of ether oxygens (including phenoxy) is 5. The fraction of sp³-hybridized carbons (Fsp3) is 0.717. The predicted octanol–water partition coefficient (Wildman–Crippen LogP) is 14.1. The SMILES string of the molecule is C.C.C.C.C.C.C.C.CCC(C)(C)c1ccc(CCC(C)(C)C(=O)OCCOC)cc1.CCC(C)(C)c1ccc(OCCOC)cc1.CCCOC. The van der Waals surface area contributed by atoms with E-state index in [1.54, 1.807) is 21.3 Å². The van der Waals surface area contributed by atoms with E-state index in [2.05, 4.69) is 84.9 Å². The molecule has 0 amide bonds. The summed E-state index contributed by atoms with van der Waals surface area (Å²) < 4.78 is 25.3. The Bertz CT molecular complexity index is 993. The monoisotopic (exact) mass is 745 g/mol. The Labute approximate surface area is 329 Å². The summed E-state index contributed by atoms with van der Waals surface area (Å²) in [5, 5.41) is 0. The van der Waals surface area contributed by atoms with Crippen molar-refractivity contribution in [1.82, 2.24) is 0 Å². The van der Waals surface area contributed by atoms with Gasteiger partial charge in [-0.1, -0.05) is 144 Å². The van der Waals surface area contributed by atoms with Crippen molar-refractivity contribution >= 4 is 5.97 Å². The van der Waals surface area contributed by atoms with Crippen LogP contribution in [0.25, 0.3) is 0 Å². The summed E-state index contributed by atoms with van der Waals surface area (Å²) in [4.78, 5) is 12.1. The number of carbonyl (C=O) groups excluding carboxylic acids is 1. The second kappa shape index (κ2) is 38.3. The standard InChI is InChI=1S/C20H32O3.C14H22O2.C4H10O.8CH4/c1-7-19(2,3)17-10-8-16(9-11-17)12-13-20(4,5)18(21)23-15-14-22-6;1-5-14(2,3)12-6-8-13(9-7-12)16-11-10-15-4;1-3-4-5-2;;;;;;;;/h8-11H,7,12-15H2,1-6H3;6-9H,5,10-11H2,1-4H3;3-4H2,1-2H3;8*1H4. The van der Waals surface area contributed by atoms with Gasteiger partial charge in [0.25, 0.3) is 0 Å². The number of methoxy groups -OCH3 is 3. The third-order valence-electron chi connectivity index (χ3n) is 8.22. The Morgan fingerprint density at radius 2 is 0.923 bits per heavy atom. The maximum Gasteiger partial charge on any atom is 0.311 e. The van der Waals surface area contributed by atoms with Crippen molar-refractivity contribution in [1.29, 1.82) is 0 Å². The largest absolute Gasteiger partial charge is 0.491 e. The van der Waals surface area contributed by atoms with Gasteiger partial charge in [0.05, 0.1) is 18.6 Å². The summed E-state index contributed by atoms with van der Waals surface area (Å²) in [5.41, 5.74) is 3.96. The molecular formula is C46H96O6. The summed E-state index contributed by atoms with van der Waals surface area (Å²) in [7, 11) is 4.99. The minimum absolute atomic E-state index is 0. The smallest absolute Gasteiger partial charge is 0.311 e. The molecule has 0 aliphatic heterocycles. The zero-order chi connectivity index (χ0) is 33.7. The third kappa shape index (κ3) is 29.1. The average molecular weight is 745 g/mol. The highest BCUT2D eigenvalue weighted by molar-refractivity contribution is 5.75. The van der Waals surface area contributed by atoms with Gasteiger partial charge in [-0.2, -0.15) is 0 Å². The molecule has 0 aromatic heterocycles. The summed E-state index contributed by atoms with van der Waals surface area (Å²) in [6, 6.07) is 17.1. The van der Waals surface area contributed by atoms with Crippen molar-refractivity contribution in [2.75, 3.05) is 54.4 Å². The molecule has 0 N–H and O–H groups in total. The molecule has 0 aliphatic carbocycles. The Hall–Kier alpha value is -2.41. The molecule has 0 radical (unpaired) electrons. The number of benzene rings is 2. The van der Waals surface area contributed by atoms with Gasteiger partial charge < -0.3 is 23.7 Å². The van der Waals surface area contributed by atoms with E-state index in [0.717, 1.165) is 44.5 Å². The molecule has 0 saturated carbocycles. The number of hydrogen-bond donors (Lipinski definition) is 0. The zero-order valence-electron chi connectivity index (χ0n) is 30.1. The van der Waals surface area contributed by atoms with Crippen molar-refractivity contribution < 1.29 is 28.5 Å². The number of rotatable bonds is 17. The van der Waals surface area contributed by atoms with Crippen molar-refractivity contribution in [2.45, 2.75) is 165 Å². The Balaban J connectivity index is -0.0000000812. The first-order chi connectivity index (χ1) is 20.7. The minimum atomic E-state index is -0.477. The minimum Gasteiger partial charge on any atom is -0.491 e. The van der Waals surface area contributed by atoms with Crippen molar-refractivity contribution in [2.24, 2.45) is 5.41 Å². The van der Waals surface area contributed by atoms with Gasteiger partial charge in [-0.3, -0.25) is 4.79 Å². The van der Waals surface area contributed by atoms with E-state index >= 15 is 0 Å². The molecule has 52 heavy (non-hydrogen) atoms. The fourth-order valence-electron chi connectivity index (χ4n) is 3.95. The van der Waals surface area contributed by atoms with E-state index in [0.29, 0.717) is 26.4 Å². The topological polar surface area (TPSA) is 63.2 Å². The fourth-order valence-corrected chi connectivity index (χ4v) is 3.95. The molecule has 0 bridgehead atoms. The van der Waals surface area contributed by atoms with Crippen LogP contribution < -0.4 is 4.74 Å². The summed E-state index contributed by atoms with van der Waals surface area (Å²) in [6.45, 7) is 22.3. The molecule has 0 atom stereocenters. The molecule has 6 heteroatoms. The molecule has 6 nitrogen and oxygen atoms in total. The molecule has 0 heterocycles. The molecule has 0 unspecified atom stereocenters. The van der Waals surface area contributed by atoms with Crippen LogP contribution in [-0.2, 0) is 41.0 Å². The van der Waals surface area contributed by atoms with Crippen molar-refractivity contribution in [3.63, 3.8) is 0 Å². The lowest BCUT2D eigenvalue weighted by Gasteiger charge is -2.24. The second-order valence-corrected chi connectivity index (χ2v) is 13.0. The first-order valence-corrected chi connectivity index (χ1v) is 16.2. The third-order valence-corrected chi connectivity index (χ3v) is 8.22. The number of hydrogen-bond acceptors (Lipinski definition) is 6. The van der Waals surface area contributed by atoms with E-state index < -0.39 is 5.41 Å². The van der Waals surface area contributed by atoms with Crippen LogP contribution in [-0.4, -0.2) is 60.3 Å². The maximum absolute atomic E-state index is 12.1. The molecule has 0 fully saturated rings. The van der Waals surface area contributed by atoms with Crippen molar-refractivity contribution in [3.8, 4) is 5.75 Å². The predicted molar refractivity (Wildman–Crippen MR) is 238 cm³/mol. The van der Waals surface area contributed by atoms with Gasteiger partial charge in [0, 0.05) is 27.9 Å². The molecule has 2 aromatic rings. The highest BCUT2D eigenvalue weighted by atomic mass is 16.6. The zero-order valence-corrected chi connectivity index (χ0v) is 30.1. The van der Waals surface area contributed by atoms with Gasteiger partial charge in [0.15, 0.2) is 0 Å². The van der Waals surface area contributed by atoms with Crippen LogP contribution in [0.5, 0.6) is 5.75 Å². The number of carbonyl (C=O) groups is 1. The second-order valence-electron chi connectivity index (χ2n) is 13.0. The van der Waals surface area contributed by atoms with Crippen LogP contribution in [0.15, 0.2) is 48.5 Å². The highest BCUT2D eigenvalue weighted by Crippen LogP contribution is 2.29. The van der Waals surface area contributed by atoms with Crippen LogP contribution >= 0.6 is 0 Å². The van der Waals surface area contributed by atoms with E-state index in [1.165, 1.54) is 16.7 Å². The summed E-state index contributed by atoms with van der Waals surface area (Å²) in [5.74, 6) is 0.756. The molecule has 0 spiro atoms. The molecule has 2 rings (SSSR count). The maximum atomic E-state index is 12.1. The average Bonchev–Trinajstić information content (AvgIpc) is 3.02. The van der Waals surface area contributed by atoms with Gasteiger partial charge in [0.2, 0.25) is 0 Å². The number of esters is 1. The Kier molecular flexibility index (Phi) is 52.4. The first kappa shape index (κ1) is 71.1. The van der Waals surface area contributed by atoms with Gasteiger partial charge >= 0.3 is 5.97 Å². The van der Waals surface area contributed by atoms with E-state index in [9.17, 15) is 4.79 Å². The Morgan fingerprint density at radius 3 is 1.27 bits per heavy atom. The normalized spacial score (nSPS) is 9.77. The molecule has 0 saturated heterocycles. The molecule has 316 valence electrons. The van der Waals surface area contributed by atoms with Gasteiger partial charge in [-0.25, -0.2) is 0 Å². The molecule has 2 aromatic carbocycles. The van der Waals surface area contributed by atoms with Crippen LogP contribution in [0, 0.1) is 5.41 Å². The lowest BCUT2D eigenvalue weighted by Crippen LogP contribution is -2.28. The van der Waals surface area contributed by atoms with Gasteiger partial charge in [-0.15, -0.1) is 0 Å². The quantitative estimate of drug-likeness (QED) is 0.119. The van der Waals surface area contributed by atoms with Crippen LogP contribution in [0.3, 0.4) is 0 Å². The van der Waals surface area contributed by atoms with E-state index in [1.807, 2.05) is 26.0 Å². The lowest BCUT2D eigenvalue weighted by molar-refractivity contribution is -0.155. The van der Waals surface area contributed by atoms with Gasteiger partial charge in [0.1, 0.15) is 19.0 Å². The Morgan fingerprint density at radius 1 is 0.538 bits per heavy atom. The van der Waals surface area contributed by atoms with Gasteiger partial charge in [-0.05, 0) is 85.6 Å². The van der Waals surface area contributed by atoms with Crippen LogP contribution in [0.2, 0.25) is 0 Å². The number of aryl methyl sites for hydroxylation is 1. The highest BCUT2D eigenvalue weighted by Gasteiger charge is 2.29. The van der Waals surface area contributed by atoms with Crippen LogP contribution in [0.1, 0.15) is 164 Å². The molecular weight excluding hydrogens is 649 g/mol.